The number of hydrogen-bond donors (Lipinski definition) is 2. The third-order valence-corrected chi connectivity index (χ3v) is 5.99. The Morgan fingerprint density at radius 3 is 2.52 bits per heavy atom. The summed E-state index contributed by atoms with van der Waals surface area (Å²) in [6.07, 6.45) is 0.00526. The van der Waals surface area contributed by atoms with E-state index in [1.54, 1.807) is 11.6 Å². The quantitative estimate of drug-likeness (QED) is 0.555. The Balaban J connectivity index is 1.52. The van der Waals surface area contributed by atoms with Crippen LogP contribution in [0.2, 0.25) is 0 Å². The van der Waals surface area contributed by atoms with E-state index in [4.69, 9.17) is 0 Å². The molecule has 3 rings (SSSR count). The molecule has 0 unspecified atom stereocenters. The standard InChI is InChI=1S/C18H19FN6O2S2/c1-10-11(2)29-17(20-10)22-16(27)9-28-18-24-23-14(25(18)3)8-15(26)21-13-6-4-12(19)5-7-13/h4-7H,8-9H2,1-3H3,(H,21,26)(H,20,22,27). The Morgan fingerprint density at radius 2 is 1.86 bits per heavy atom. The number of carbonyl (C=O) groups is 2. The fourth-order valence-corrected chi connectivity index (χ4v) is 3.88. The summed E-state index contributed by atoms with van der Waals surface area (Å²) in [5, 5.41) is 14.6. The van der Waals surface area contributed by atoms with Crippen LogP contribution in [0.3, 0.4) is 0 Å². The number of thioether (sulfide) groups is 1. The molecule has 2 N–H and O–H groups in total. The van der Waals surface area contributed by atoms with Crippen molar-refractivity contribution in [1.29, 1.82) is 0 Å². The molecule has 0 radical (unpaired) electrons. The topological polar surface area (TPSA) is 102 Å². The van der Waals surface area contributed by atoms with Crippen molar-refractivity contribution >= 4 is 45.7 Å². The first-order chi connectivity index (χ1) is 13.8. The zero-order valence-corrected chi connectivity index (χ0v) is 17.7. The number of thiazole rings is 1. The highest BCUT2D eigenvalue weighted by atomic mass is 32.2. The Hall–Kier alpha value is -2.79. The Labute approximate surface area is 174 Å². The zero-order valence-electron chi connectivity index (χ0n) is 16.0. The number of amides is 2. The SMILES string of the molecule is Cc1nc(NC(=O)CSc2nnc(CC(=O)Nc3ccc(F)cc3)n2C)sc1C. The van der Waals surface area contributed by atoms with E-state index in [9.17, 15) is 14.0 Å². The summed E-state index contributed by atoms with van der Waals surface area (Å²) in [7, 11) is 1.73. The molecule has 11 heteroatoms. The fourth-order valence-electron chi connectivity index (χ4n) is 2.32. The van der Waals surface area contributed by atoms with E-state index in [0.717, 1.165) is 10.6 Å². The zero-order chi connectivity index (χ0) is 21.0. The molecule has 0 atom stereocenters. The number of benzene rings is 1. The lowest BCUT2D eigenvalue weighted by Gasteiger charge is -2.06. The lowest BCUT2D eigenvalue weighted by molar-refractivity contribution is -0.116. The van der Waals surface area contributed by atoms with Crippen LogP contribution >= 0.6 is 23.1 Å². The van der Waals surface area contributed by atoms with Gasteiger partial charge in [0.15, 0.2) is 10.3 Å². The summed E-state index contributed by atoms with van der Waals surface area (Å²) in [6.45, 7) is 3.84. The second-order valence-corrected chi connectivity index (χ2v) is 8.33. The molecule has 3 aromatic rings. The smallest absolute Gasteiger partial charge is 0.236 e. The van der Waals surface area contributed by atoms with Crippen LogP contribution in [-0.4, -0.2) is 37.3 Å². The van der Waals surface area contributed by atoms with Gasteiger partial charge in [0.25, 0.3) is 0 Å². The normalized spacial score (nSPS) is 10.8. The number of nitrogens with zero attached hydrogens (tertiary/aromatic N) is 4. The number of nitrogens with one attached hydrogen (secondary N) is 2. The first kappa shape index (κ1) is 20.9. The molecule has 0 aliphatic carbocycles. The second kappa shape index (κ2) is 9.14. The third-order valence-electron chi connectivity index (χ3n) is 3.98. The number of aromatic nitrogens is 4. The molecular weight excluding hydrogens is 415 g/mol. The number of anilines is 2. The van der Waals surface area contributed by atoms with Crippen molar-refractivity contribution in [2.75, 3.05) is 16.4 Å². The van der Waals surface area contributed by atoms with E-state index >= 15 is 0 Å². The van der Waals surface area contributed by atoms with Crippen LogP contribution in [0.15, 0.2) is 29.4 Å². The first-order valence-electron chi connectivity index (χ1n) is 8.62. The van der Waals surface area contributed by atoms with Crippen LogP contribution in [0.25, 0.3) is 0 Å². The van der Waals surface area contributed by atoms with Crippen LogP contribution in [0, 0.1) is 19.7 Å². The third kappa shape index (κ3) is 5.61. The minimum Gasteiger partial charge on any atom is -0.326 e. The summed E-state index contributed by atoms with van der Waals surface area (Å²) in [6, 6.07) is 5.50. The maximum Gasteiger partial charge on any atom is 0.236 e. The summed E-state index contributed by atoms with van der Waals surface area (Å²) in [4.78, 5) is 29.6. The van der Waals surface area contributed by atoms with Crippen molar-refractivity contribution in [3.8, 4) is 0 Å². The maximum atomic E-state index is 12.9. The van der Waals surface area contributed by atoms with E-state index in [2.05, 4.69) is 25.8 Å². The molecule has 0 aliphatic rings. The fraction of sp³-hybridized carbons (Fsp3) is 0.278. The van der Waals surface area contributed by atoms with Gasteiger partial charge in [0.1, 0.15) is 11.6 Å². The summed E-state index contributed by atoms with van der Waals surface area (Å²) >= 11 is 2.65. The van der Waals surface area contributed by atoms with Crippen LogP contribution in [0.1, 0.15) is 16.4 Å². The molecule has 8 nitrogen and oxygen atoms in total. The van der Waals surface area contributed by atoms with Gasteiger partial charge in [0.05, 0.1) is 17.9 Å². The van der Waals surface area contributed by atoms with Gasteiger partial charge in [0.2, 0.25) is 11.8 Å². The van der Waals surface area contributed by atoms with Gasteiger partial charge in [-0.25, -0.2) is 9.37 Å². The van der Waals surface area contributed by atoms with Gasteiger partial charge in [-0.2, -0.15) is 0 Å². The molecule has 0 bridgehead atoms. The van der Waals surface area contributed by atoms with Gasteiger partial charge in [0, 0.05) is 17.6 Å². The van der Waals surface area contributed by atoms with E-state index in [1.807, 2.05) is 13.8 Å². The van der Waals surface area contributed by atoms with Gasteiger partial charge in [-0.3, -0.25) is 9.59 Å². The minimum atomic E-state index is -0.373. The molecular formula is C18H19FN6O2S2. The predicted molar refractivity (Wildman–Crippen MR) is 111 cm³/mol. The van der Waals surface area contributed by atoms with Crippen LogP contribution in [0.4, 0.5) is 15.2 Å². The molecule has 0 saturated heterocycles. The average Bonchev–Trinajstić information content (AvgIpc) is 3.17. The molecule has 1 aromatic carbocycles. The van der Waals surface area contributed by atoms with Gasteiger partial charge < -0.3 is 15.2 Å². The Kier molecular flexibility index (Phi) is 6.60. The predicted octanol–water partition coefficient (Wildman–Crippen LogP) is 2.94. The average molecular weight is 435 g/mol. The van der Waals surface area contributed by atoms with E-state index in [0.29, 0.717) is 21.8 Å². The Morgan fingerprint density at radius 1 is 1.14 bits per heavy atom. The number of rotatable bonds is 7. The first-order valence-corrected chi connectivity index (χ1v) is 10.4. The highest BCUT2D eigenvalue weighted by Gasteiger charge is 2.15. The molecule has 0 saturated carbocycles. The molecule has 2 aromatic heterocycles. The molecule has 0 fully saturated rings. The van der Waals surface area contributed by atoms with E-state index in [-0.39, 0.29) is 29.8 Å². The minimum absolute atomic E-state index is 0.00526. The van der Waals surface area contributed by atoms with Crippen LogP contribution in [-0.2, 0) is 23.1 Å². The molecule has 2 amide bonds. The van der Waals surface area contributed by atoms with Gasteiger partial charge >= 0.3 is 0 Å². The van der Waals surface area contributed by atoms with Crippen molar-refractivity contribution < 1.29 is 14.0 Å². The lowest BCUT2D eigenvalue weighted by Crippen LogP contribution is -2.17. The number of aryl methyl sites for hydroxylation is 2. The molecule has 0 aliphatic heterocycles. The van der Waals surface area contributed by atoms with E-state index in [1.165, 1.54) is 47.4 Å². The second-order valence-electron chi connectivity index (χ2n) is 6.19. The van der Waals surface area contributed by atoms with E-state index < -0.39 is 0 Å². The van der Waals surface area contributed by atoms with Crippen molar-refractivity contribution in [2.45, 2.75) is 25.4 Å². The monoisotopic (exact) mass is 434 g/mol. The van der Waals surface area contributed by atoms with Crippen molar-refractivity contribution in [3.63, 3.8) is 0 Å². The summed E-state index contributed by atoms with van der Waals surface area (Å²) in [5.74, 6) is -0.259. The number of carbonyl (C=O) groups excluding carboxylic acids is 2. The van der Waals surface area contributed by atoms with Gasteiger partial charge in [-0.15, -0.1) is 21.5 Å². The van der Waals surface area contributed by atoms with Crippen molar-refractivity contribution in [2.24, 2.45) is 7.05 Å². The highest BCUT2D eigenvalue weighted by molar-refractivity contribution is 7.99. The molecule has 29 heavy (non-hydrogen) atoms. The summed E-state index contributed by atoms with van der Waals surface area (Å²) < 4.78 is 14.6. The molecule has 0 spiro atoms. The summed E-state index contributed by atoms with van der Waals surface area (Å²) in [5.41, 5.74) is 1.40. The molecule has 152 valence electrons. The van der Waals surface area contributed by atoms with Crippen molar-refractivity contribution in [1.82, 2.24) is 19.7 Å². The largest absolute Gasteiger partial charge is 0.326 e. The van der Waals surface area contributed by atoms with Crippen molar-refractivity contribution in [3.05, 3.63) is 46.5 Å². The highest BCUT2D eigenvalue weighted by Crippen LogP contribution is 2.22. The molecule has 2 heterocycles. The number of hydrogen-bond acceptors (Lipinski definition) is 7. The lowest BCUT2D eigenvalue weighted by atomic mass is 10.3. The van der Waals surface area contributed by atoms with Gasteiger partial charge in [-0.1, -0.05) is 11.8 Å². The number of halogens is 1. The van der Waals surface area contributed by atoms with Crippen LogP contribution in [0.5, 0.6) is 0 Å². The van der Waals surface area contributed by atoms with Gasteiger partial charge in [-0.05, 0) is 38.1 Å². The maximum absolute atomic E-state index is 12.9. The van der Waals surface area contributed by atoms with Crippen LogP contribution < -0.4 is 10.6 Å². The Bertz CT molecular complexity index is 1010.